The van der Waals surface area contributed by atoms with Gasteiger partial charge in [0.05, 0.1) is 26.2 Å². The second kappa shape index (κ2) is 37.2. The van der Waals surface area contributed by atoms with E-state index in [2.05, 4.69) is 58.3 Å². The summed E-state index contributed by atoms with van der Waals surface area (Å²) in [5, 5.41) is 84.2. The van der Waals surface area contributed by atoms with E-state index in [1.165, 1.54) is 0 Å². The lowest BCUT2D eigenvalue weighted by molar-refractivity contribution is -0.141. The number of anilines is 5. The van der Waals surface area contributed by atoms with Gasteiger partial charge in [-0.2, -0.15) is 15.0 Å². The van der Waals surface area contributed by atoms with Crippen molar-refractivity contribution in [3.05, 3.63) is 72.0 Å². The van der Waals surface area contributed by atoms with E-state index in [9.17, 15) is 64.2 Å². The summed E-state index contributed by atoms with van der Waals surface area (Å²) in [6.07, 6.45) is 7.06. The van der Waals surface area contributed by atoms with Crippen LogP contribution in [-0.2, 0) is 35.2 Å². The quantitative estimate of drug-likeness (QED) is 0.0359. The number of unbranched alkanes of at least 4 members (excludes halogenated alkanes) is 5. The molecule has 3 heterocycles. The zero-order valence-electron chi connectivity index (χ0n) is 51.9. The Morgan fingerprint density at radius 3 is 1.94 bits per heavy atom. The molecular weight excluding hydrogens is 1150 g/mol. The van der Waals surface area contributed by atoms with Crippen LogP contribution >= 0.6 is 0 Å². The summed E-state index contributed by atoms with van der Waals surface area (Å²) in [6.45, 7) is 9.40. The van der Waals surface area contributed by atoms with Crippen LogP contribution in [0.15, 0.2) is 66.4 Å². The van der Waals surface area contributed by atoms with Crippen LogP contribution in [-0.4, -0.2) is 249 Å². The van der Waals surface area contributed by atoms with E-state index in [4.69, 9.17) is 20.1 Å². The van der Waals surface area contributed by atoms with Gasteiger partial charge in [-0.1, -0.05) is 63.4 Å². The molecule has 5 atom stereocenters. The van der Waals surface area contributed by atoms with E-state index < -0.39 is 65.8 Å². The lowest BCUT2D eigenvalue weighted by Crippen LogP contribution is -2.58. The van der Waals surface area contributed by atoms with Crippen LogP contribution in [0.1, 0.15) is 96.5 Å². The molecule has 2 aromatic carbocycles. The van der Waals surface area contributed by atoms with Crippen molar-refractivity contribution in [2.75, 3.05) is 133 Å². The predicted molar refractivity (Wildman–Crippen MR) is 336 cm³/mol. The largest absolute Gasteiger partial charge is 0.511 e. The van der Waals surface area contributed by atoms with Crippen molar-refractivity contribution in [2.24, 2.45) is 5.41 Å². The Kier molecular flexibility index (Phi) is 30.0. The average Bonchev–Trinajstić information content (AvgIpc) is 3.19. The molecular formula is C61H94N14O14. The molecule has 0 saturated carbocycles. The van der Waals surface area contributed by atoms with Crippen LogP contribution in [0.3, 0.4) is 0 Å². The van der Waals surface area contributed by atoms with Gasteiger partial charge in [0.2, 0.25) is 23.8 Å². The third-order valence-corrected chi connectivity index (χ3v) is 16.3. The normalized spacial score (nSPS) is 17.3. The SMILES string of the molecule is CCN(CC)CC(N(CCN(C)CC(=O)O)CC(=O)O)C1(CO)C=C(O)CN(C)C(Cc2ccc(Nc3nc(NCCCCCCCC(=O)NCCCC[C@H](NC(=O)N[C@@H](CCC(=O)O)C(=O)O)C(=O)O)nc(N4CCN(c5ccccc5)CC4)n3)cc2)C1. The first-order chi connectivity index (χ1) is 42.6. The molecule has 492 valence electrons. The first-order valence-electron chi connectivity index (χ1n) is 30.8. The Balaban J connectivity index is 1.17. The minimum atomic E-state index is -1.50. The standard InChI is InChI=1S/C61H94N14O14/c1-5-72(6-2)39-50(75(41-54(83)84)30-29-70(3)40-53(81)82)61(42-76)36-46(71(4)38-47(77)37-61)35-43-21-23-44(24-22-43)64-58-67-57(68-59(69-58)74-33-31-73(32-34-74)45-17-11-10-12-18-45)63-28-15-9-7-8-13-20-51(78)62-27-16-14-19-48(55(85)86)65-60(89)66-49(56(87)88)25-26-52(79)80/h10-12,17-18,21-24,37,46,48-50,76-77H,5-9,13-16,19-20,25-36,38-42H2,1-4H3,(H,62,78)(H,79,80)(H,81,82)(H,83,84)(H,85,86)(H,87,88)(H2,65,66,89)(H2,63,64,67,68,69)/t46?,48-,49-,50?,61?/m0/s1. The summed E-state index contributed by atoms with van der Waals surface area (Å²) >= 11 is 0. The number of aliphatic carboxylic acids is 5. The number of likely N-dealkylation sites (N-methyl/N-ethyl adjacent to an activating group) is 3. The number of urea groups is 1. The first-order valence-corrected chi connectivity index (χ1v) is 30.8. The van der Waals surface area contributed by atoms with Gasteiger partial charge in [0.1, 0.15) is 17.8 Å². The highest BCUT2D eigenvalue weighted by molar-refractivity contribution is 5.86. The minimum absolute atomic E-state index is 0.0275. The molecule has 1 fully saturated rings. The number of aromatic nitrogens is 3. The zero-order valence-corrected chi connectivity index (χ0v) is 51.9. The van der Waals surface area contributed by atoms with Crippen LogP contribution in [0, 0.1) is 5.41 Å². The molecule has 1 aromatic heterocycles. The van der Waals surface area contributed by atoms with Crippen LogP contribution in [0.25, 0.3) is 0 Å². The molecule has 0 aliphatic carbocycles. The van der Waals surface area contributed by atoms with Crippen LogP contribution in [0.4, 0.5) is 34.0 Å². The number of carboxylic acids is 5. The molecule has 3 aromatic rings. The highest BCUT2D eigenvalue weighted by Gasteiger charge is 2.45. The summed E-state index contributed by atoms with van der Waals surface area (Å²) in [7, 11) is 3.60. The number of carbonyl (C=O) groups excluding carboxylic acids is 2. The lowest BCUT2D eigenvalue weighted by Gasteiger charge is -2.47. The molecule has 3 amide bonds. The third-order valence-electron chi connectivity index (χ3n) is 16.3. The van der Waals surface area contributed by atoms with Gasteiger partial charge in [-0.3, -0.25) is 33.9 Å². The first kappa shape index (κ1) is 71.8. The fourth-order valence-corrected chi connectivity index (χ4v) is 11.2. The van der Waals surface area contributed by atoms with Gasteiger partial charge in [0.25, 0.3) is 0 Å². The van der Waals surface area contributed by atoms with E-state index in [0.29, 0.717) is 102 Å². The summed E-state index contributed by atoms with van der Waals surface area (Å²) < 4.78 is 0. The van der Waals surface area contributed by atoms with Crippen LogP contribution in [0.2, 0.25) is 0 Å². The molecule has 2 aliphatic rings. The number of carbonyl (C=O) groups is 7. The number of nitrogens with one attached hydrogen (secondary N) is 5. The van der Waals surface area contributed by atoms with Crippen molar-refractivity contribution in [2.45, 2.75) is 121 Å². The third kappa shape index (κ3) is 24.9. The number of nitrogens with zero attached hydrogens (tertiary/aromatic N) is 9. The van der Waals surface area contributed by atoms with Gasteiger partial charge in [-0.05, 0) is 114 Å². The van der Waals surface area contributed by atoms with Crippen molar-refractivity contribution in [3.63, 3.8) is 0 Å². The topological polar surface area (TPSA) is 379 Å². The molecule has 3 unspecified atom stereocenters. The number of aliphatic hydroxyl groups is 2. The lowest BCUT2D eigenvalue weighted by atomic mass is 9.73. The Morgan fingerprint density at radius 2 is 1.31 bits per heavy atom. The van der Waals surface area contributed by atoms with Gasteiger partial charge in [0.15, 0.2) is 0 Å². The molecule has 28 heteroatoms. The number of rotatable bonds is 41. The molecule has 2 aliphatic heterocycles. The highest BCUT2D eigenvalue weighted by Crippen LogP contribution is 2.39. The Labute approximate surface area is 520 Å². The van der Waals surface area contributed by atoms with Crippen molar-refractivity contribution < 1.29 is 69.3 Å². The van der Waals surface area contributed by atoms with Gasteiger partial charge >= 0.3 is 35.9 Å². The van der Waals surface area contributed by atoms with E-state index in [1.54, 1.807) is 18.0 Å². The zero-order chi connectivity index (χ0) is 64.9. The maximum Gasteiger partial charge on any atom is 0.326 e. The van der Waals surface area contributed by atoms with Crippen LogP contribution in [0.5, 0.6) is 0 Å². The average molecular weight is 1250 g/mol. The molecule has 0 bridgehead atoms. The summed E-state index contributed by atoms with van der Waals surface area (Å²) in [5.74, 6) is -4.79. The molecule has 89 heavy (non-hydrogen) atoms. The summed E-state index contributed by atoms with van der Waals surface area (Å²) in [6, 6.07) is 13.6. The maximum atomic E-state index is 12.6. The van der Waals surface area contributed by atoms with Gasteiger partial charge < -0.3 is 77.0 Å². The number of hydrogen-bond donors (Lipinski definition) is 12. The number of hydrogen-bond acceptors (Lipinski definition) is 20. The minimum Gasteiger partial charge on any atom is -0.511 e. The van der Waals surface area contributed by atoms with Crippen LogP contribution < -0.4 is 36.4 Å². The number of para-hydroxylation sites is 1. The monoisotopic (exact) mass is 1250 g/mol. The molecule has 5 rings (SSSR count). The predicted octanol–water partition coefficient (Wildman–Crippen LogP) is 3.83. The Hall–Kier alpha value is -7.92. The van der Waals surface area contributed by atoms with Crippen molar-refractivity contribution in [1.82, 2.24) is 50.5 Å². The van der Waals surface area contributed by atoms with Gasteiger partial charge in [0, 0.05) is 101 Å². The van der Waals surface area contributed by atoms with Gasteiger partial charge in [-0.25, -0.2) is 14.4 Å². The second-order valence-electron chi connectivity index (χ2n) is 23.0. The maximum absolute atomic E-state index is 12.6. The Bertz CT molecular complexity index is 2760. The summed E-state index contributed by atoms with van der Waals surface area (Å²) in [5.41, 5.74) is 1.80. The molecule has 12 N–H and O–H groups in total. The summed E-state index contributed by atoms with van der Waals surface area (Å²) in [4.78, 5) is 110. The van der Waals surface area contributed by atoms with E-state index >= 15 is 0 Å². The molecule has 1 saturated heterocycles. The number of benzene rings is 2. The van der Waals surface area contributed by atoms with E-state index in [0.717, 1.165) is 55.7 Å². The number of piperazine rings is 1. The van der Waals surface area contributed by atoms with E-state index in [-0.39, 0.29) is 69.9 Å². The Morgan fingerprint density at radius 1 is 0.697 bits per heavy atom. The van der Waals surface area contributed by atoms with E-state index in [1.807, 2.05) is 68.3 Å². The second-order valence-corrected chi connectivity index (χ2v) is 23.0. The number of carboxylic acid groups (broad SMARTS) is 5. The smallest absolute Gasteiger partial charge is 0.326 e. The van der Waals surface area contributed by atoms with Gasteiger partial charge in [-0.15, -0.1) is 0 Å². The fourth-order valence-electron chi connectivity index (χ4n) is 11.2. The van der Waals surface area contributed by atoms with Crippen molar-refractivity contribution in [1.29, 1.82) is 0 Å². The van der Waals surface area contributed by atoms with Crippen molar-refractivity contribution in [3.8, 4) is 0 Å². The van der Waals surface area contributed by atoms with Crippen molar-refractivity contribution >= 4 is 71.0 Å². The molecule has 28 nitrogen and oxygen atoms in total. The fraction of sp³-hybridized carbons (Fsp3) is 0.607. The number of aliphatic hydroxyl groups excluding tert-OH is 2. The molecule has 0 spiro atoms. The highest BCUT2D eigenvalue weighted by atomic mass is 16.4. The number of amides is 3. The molecule has 0 radical (unpaired) electrons.